The highest BCUT2D eigenvalue weighted by Gasteiger charge is 2.49. The van der Waals surface area contributed by atoms with E-state index in [9.17, 15) is 14.4 Å². The summed E-state index contributed by atoms with van der Waals surface area (Å²) in [5, 5.41) is 5.72. The summed E-state index contributed by atoms with van der Waals surface area (Å²) in [4.78, 5) is 38.7. The van der Waals surface area contributed by atoms with E-state index in [1.54, 1.807) is 19.1 Å². The smallest absolute Gasteiger partial charge is 0.325 e. The molecule has 4 amide bonds. The second-order valence-corrected chi connectivity index (χ2v) is 8.31. The van der Waals surface area contributed by atoms with Crippen LogP contribution < -0.4 is 10.6 Å². The first-order valence-electron chi connectivity index (χ1n) is 9.01. The average molecular weight is 422 g/mol. The van der Waals surface area contributed by atoms with Gasteiger partial charge in [-0.15, -0.1) is 0 Å². The van der Waals surface area contributed by atoms with Gasteiger partial charge >= 0.3 is 6.03 Å². The van der Waals surface area contributed by atoms with Crippen LogP contribution in [0.15, 0.2) is 28.7 Å². The molecule has 0 radical (unpaired) electrons. The van der Waals surface area contributed by atoms with Gasteiger partial charge in [0.25, 0.3) is 5.91 Å². The van der Waals surface area contributed by atoms with Crippen LogP contribution in [0.1, 0.15) is 45.1 Å². The number of nitrogens with zero attached hydrogens (tertiary/aromatic N) is 1. The minimum absolute atomic E-state index is 0.119. The molecule has 1 saturated carbocycles. The minimum Gasteiger partial charge on any atom is -0.352 e. The summed E-state index contributed by atoms with van der Waals surface area (Å²) in [5.74, 6) is -0.277. The third-order valence-corrected chi connectivity index (χ3v) is 5.93. The molecule has 140 valence electrons. The molecule has 0 bridgehead atoms. The highest BCUT2D eigenvalue weighted by Crippen LogP contribution is 2.30. The van der Waals surface area contributed by atoms with Gasteiger partial charge in [-0.3, -0.25) is 14.5 Å². The third kappa shape index (κ3) is 3.63. The van der Waals surface area contributed by atoms with Crippen LogP contribution in [0.4, 0.5) is 4.79 Å². The van der Waals surface area contributed by atoms with E-state index in [0.717, 1.165) is 28.6 Å². The van der Waals surface area contributed by atoms with Gasteiger partial charge in [-0.1, -0.05) is 47.8 Å². The molecule has 2 fully saturated rings. The Morgan fingerprint density at radius 2 is 2.08 bits per heavy atom. The molecule has 2 aliphatic rings. The van der Waals surface area contributed by atoms with Gasteiger partial charge in [0, 0.05) is 10.5 Å². The van der Waals surface area contributed by atoms with E-state index < -0.39 is 17.5 Å². The fourth-order valence-electron chi connectivity index (χ4n) is 3.76. The lowest BCUT2D eigenvalue weighted by Gasteiger charge is -2.30. The molecule has 0 aromatic heterocycles. The van der Waals surface area contributed by atoms with Crippen molar-refractivity contribution in [2.24, 2.45) is 5.92 Å². The van der Waals surface area contributed by atoms with Gasteiger partial charge in [0.2, 0.25) is 5.91 Å². The first-order chi connectivity index (χ1) is 12.3. The van der Waals surface area contributed by atoms with Crippen molar-refractivity contribution in [1.82, 2.24) is 15.5 Å². The Bertz CT molecular complexity index is 738. The number of urea groups is 1. The summed E-state index contributed by atoms with van der Waals surface area (Å²) in [6, 6.07) is 6.83. The summed E-state index contributed by atoms with van der Waals surface area (Å²) in [6.07, 6.45) is 4.32. The van der Waals surface area contributed by atoms with Crippen molar-refractivity contribution in [1.29, 1.82) is 0 Å². The van der Waals surface area contributed by atoms with Crippen LogP contribution in [-0.2, 0) is 15.1 Å². The van der Waals surface area contributed by atoms with Crippen molar-refractivity contribution in [3.05, 3.63) is 34.3 Å². The number of imide groups is 1. The van der Waals surface area contributed by atoms with Gasteiger partial charge < -0.3 is 10.6 Å². The summed E-state index contributed by atoms with van der Waals surface area (Å²) in [5.41, 5.74) is -0.492. The lowest BCUT2D eigenvalue weighted by Crippen LogP contribution is -2.47. The van der Waals surface area contributed by atoms with E-state index in [1.807, 2.05) is 12.1 Å². The van der Waals surface area contributed by atoms with Crippen molar-refractivity contribution in [2.45, 2.75) is 51.1 Å². The van der Waals surface area contributed by atoms with Crippen molar-refractivity contribution in [3.8, 4) is 0 Å². The Kier molecular flexibility index (Phi) is 5.37. The first-order valence-corrected chi connectivity index (χ1v) is 9.80. The van der Waals surface area contributed by atoms with Crippen molar-refractivity contribution >= 4 is 33.8 Å². The van der Waals surface area contributed by atoms with Gasteiger partial charge in [-0.05, 0) is 43.4 Å². The van der Waals surface area contributed by atoms with E-state index in [4.69, 9.17) is 0 Å². The molecule has 1 aromatic rings. The molecule has 1 aromatic carbocycles. The summed E-state index contributed by atoms with van der Waals surface area (Å²) in [7, 11) is 0. The molecule has 0 unspecified atom stereocenters. The van der Waals surface area contributed by atoms with E-state index in [-0.39, 0.29) is 18.5 Å². The Labute approximate surface area is 161 Å². The maximum absolute atomic E-state index is 12.9. The second-order valence-electron chi connectivity index (χ2n) is 7.39. The molecule has 1 heterocycles. The number of hydrogen-bond acceptors (Lipinski definition) is 3. The normalized spacial score (nSPS) is 28.8. The zero-order valence-electron chi connectivity index (χ0n) is 15.0. The zero-order chi connectivity index (χ0) is 18.9. The summed E-state index contributed by atoms with van der Waals surface area (Å²) in [6.45, 7) is 3.54. The fourth-order valence-corrected chi connectivity index (χ4v) is 4.16. The number of carbonyl (C=O) groups excluding carboxylic acids is 3. The van der Waals surface area contributed by atoms with Crippen LogP contribution in [-0.4, -0.2) is 35.3 Å². The molecule has 7 heteroatoms. The number of rotatable bonds is 4. The van der Waals surface area contributed by atoms with E-state index in [0.29, 0.717) is 11.5 Å². The predicted octanol–water partition coefficient (Wildman–Crippen LogP) is 2.91. The average Bonchev–Trinajstić information content (AvgIpc) is 2.81. The van der Waals surface area contributed by atoms with Crippen molar-refractivity contribution in [2.75, 3.05) is 6.54 Å². The van der Waals surface area contributed by atoms with Crippen LogP contribution in [0.2, 0.25) is 0 Å². The molecule has 0 spiro atoms. The number of halogens is 1. The fraction of sp³-hybridized carbons (Fsp3) is 0.526. The van der Waals surface area contributed by atoms with Crippen molar-refractivity contribution < 1.29 is 14.4 Å². The number of hydrogen-bond donors (Lipinski definition) is 2. The summed E-state index contributed by atoms with van der Waals surface area (Å²) < 4.78 is 0.820. The monoisotopic (exact) mass is 421 g/mol. The van der Waals surface area contributed by atoms with Crippen LogP contribution in [0.5, 0.6) is 0 Å². The van der Waals surface area contributed by atoms with Gasteiger partial charge in [0.05, 0.1) is 0 Å². The maximum Gasteiger partial charge on any atom is 0.325 e. The molecular formula is C19H24BrN3O3. The first kappa shape index (κ1) is 18.9. The van der Waals surface area contributed by atoms with Gasteiger partial charge in [0.15, 0.2) is 0 Å². The molecule has 3 rings (SSSR count). The second kappa shape index (κ2) is 7.39. The molecule has 1 saturated heterocycles. The highest BCUT2D eigenvalue weighted by atomic mass is 79.9. The minimum atomic E-state index is -1.17. The van der Waals surface area contributed by atoms with Gasteiger partial charge in [-0.25, -0.2) is 4.79 Å². The Balaban J connectivity index is 1.70. The van der Waals surface area contributed by atoms with Crippen LogP contribution in [0, 0.1) is 5.92 Å². The Hall–Kier alpha value is -1.89. The van der Waals surface area contributed by atoms with Crippen LogP contribution in [0.25, 0.3) is 0 Å². The third-order valence-electron chi connectivity index (χ3n) is 5.44. The van der Waals surface area contributed by atoms with E-state index in [2.05, 4.69) is 33.5 Å². The molecule has 2 N–H and O–H groups in total. The van der Waals surface area contributed by atoms with E-state index in [1.165, 1.54) is 6.42 Å². The molecule has 6 nitrogen and oxygen atoms in total. The standard InChI is InChI=1S/C19H24BrN3O3/c1-12-6-3-4-9-15(12)21-16(24)11-23-17(25)19(2,22-18(23)26)13-7-5-8-14(20)10-13/h5,7-8,10,12,15H,3-4,6,9,11H2,1-2H3,(H,21,24)(H,22,26)/t12-,15-,19+/m0/s1. The number of amides is 4. The predicted molar refractivity (Wildman–Crippen MR) is 101 cm³/mol. The van der Waals surface area contributed by atoms with Crippen molar-refractivity contribution in [3.63, 3.8) is 0 Å². The van der Waals surface area contributed by atoms with Crippen LogP contribution in [0.3, 0.4) is 0 Å². The molecular weight excluding hydrogens is 398 g/mol. The maximum atomic E-state index is 12.9. The molecule has 3 atom stereocenters. The number of nitrogens with one attached hydrogen (secondary N) is 2. The lowest BCUT2D eigenvalue weighted by atomic mass is 9.86. The highest BCUT2D eigenvalue weighted by molar-refractivity contribution is 9.10. The van der Waals surface area contributed by atoms with Gasteiger partial charge in [-0.2, -0.15) is 0 Å². The lowest BCUT2D eigenvalue weighted by molar-refractivity contribution is -0.135. The number of benzene rings is 1. The Morgan fingerprint density at radius 1 is 1.35 bits per heavy atom. The van der Waals surface area contributed by atoms with Gasteiger partial charge in [0.1, 0.15) is 12.1 Å². The largest absolute Gasteiger partial charge is 0.352 e. The summed E-state index contributed by atoms with van der Waals surface area (Å²) >= 11 is 3.38. The molecule has 1 aliphatic carbocycles. The quantitative estimate of drug-likeness (QED) is 0.733. The SMILES string of the molecule is C[C@H]1CCCC[C@@H]1NC(=O)CN1C(=O)N[C@](C)(c2cccc(Br)c2)C1=O. The molecule has 1 aliphatic heterocycles. The molecule has 26 heavy (non-hydrogen) atoms. The zero-order valence-corrected chi connectivity index (χ0v) is 16.6. The number of carbonyl (C=O) groups is 3. The Morgan fingerprint density at radius 3 is 2.77 bits per heavy atom. The van der Waals surface area contributed by atoms with Crippen LogP contribution >= 0.6 is 15.9 Å². The van der Waals surface area contributed by atoms with E-state index >= 15 is 0 Å². The topological polar surface area (TPSA) is 78.5 Å².